The molecule has 1 aliphatic rings. The number of anilines is 1. The number of hydrogen-bond donors (Lipinski definition) is 2. The fourth-order valence-electron chi connectivity index (χ4n) is 2.46. The number of rotatable bonds is 3. The maximum Gasteiger partial charge on any atom is 0.407 e. The quantitative estimate of drug-likeness (QED) is 0.777. The molecule has 0 spiro atoms. The zero-order valence-corrected chi connectivity index (χ0v) is 16.2. The topological polar surface area (TPSA) is 134 Å². The van der Waals surface area contributed by atoms with Gasteiger partial charge < -0.3 is 15.4 Å². The molecule has 1 saturated heterocycles. The molecule has 0 saturated carbocycles. The number of alkyl carbamates (subject to hydrolysis) is 1. The first-order chi connectivity index (χ1) is 12.0. The van der Waals surface area contributed by atoms with Crippen LogP contribution in [0.3, 0.4) is 0 Å². The molecule has 2 N–H and O–H groups in total. The van der Waals surface area contributed by atoms with E-state index >= 15 is 0 Å². The summed E-state index contributed by atoms with van der Waals surface area (Å²) in [6.07, 6.45) is 0.893. The SMILES string of the molecule is CC(C)(C)OC(=O)N[C@H]1CCS(=O)(=O)C[C@H]1Nc1cnc(C#N)c(Cl)n1. The molecule has 142 valence electrons. The normalized spacial score (nSPS) is 22.1. The Morgan fingerprint density at radius 1 is 1.42 bits per heavy atom. The minimum Gasteiger partial charge on any atom is -0.444 e. The van der Waals surface area contributed by atoms with Crippen LogP contribution in [0.4, 0.5) is 10.6 Å². The largest absolute Gasteiger partial charge is 0.444 e. The van der Waals surface area contributed by atoms with Crippen molar-refractivity contribution in [2.24, 2.45) is 0 Å². The number of halogens is 1. The molecule has 0 aliphatic carbocycles. The van der Waals surface area contributed by atoms with Crippen LogP contribution in [0.25, 0.3) is 0 Å². The van der Waals surface area contributed by atoms with Gasteiger partial charge in [0.1, 0.15) is 17.5 Å². The lowest BCUT2D eigenvalue weighted by Gasteiger charge is -2.33. The molecule has 1 aromatic rings. The van der Waals surface area contributed by atoms with Gasteiger partial charge in [0, 0.05) is 0 Å². The van der Waals surface area contributed by atoms with Gasteiger partial charge in [-0.05, 0) is 27.2 Å². The number of nitriles is 1. The van der Waals surface area contributed by atoms with Gasteiger partial charge in [-0.2, -0.15) is 5.26 Å². The third-order valence-corrected chi connectivity index (χ3v) is 5.52. The second kappa shape index (κ2) is 7.63. The second-order valence-electron chi connectivity index (χ2n) is 6.91. The number of hydrogen-bond acceptors (Lipinski definition) is 8. The maximum atomic E-state index is 12.0. The highest BCUT2D eigenvalue weighted by atomic mass is 35.5. The molecule has 26 heavy (non-hydrogen) atoms. The van der Waals surface area contributed by atoms with E-state index in [1.54, 1.807) is 26.8 Å². The predicted octanol–water partition coefficient (Wildman–Crippen LogP) is 1.49. The third-order valence-electron chi connectivity index (χ3n) is 3.53. The Kier molecular flexibility index (Phi) is 5.93. The van der Waals surface area contributed by atoms with Crippen LogP contribution in [0.1, 0.15) is 32.9 Å². The highest BCUT2D eigenvalue weighted by molar-refractivity contribution is 7.91. The highest BCUT2D eigenvalue weighted by Gasteiger charge is 2.35. The van der Waals surface area contributed by atoms with E-state index in [-0.39, 0.29) is 34.6 Å². The van der Waals surface area contributed by atoms with Gasteiger partial charge in [0.25, 0.3) is 0 Å². The van der Waals surface area contributed by atoms with Crippen molar-refractivity contribution in [3.05, 3.63) is 17.0 Å². The molecule has 9 nitrogen and oxygen atoms in total. The second-order valence-corrected chi connectivity index (χ2v) is 9.50. The monoisotopic (exact) mass is 401 g/mol. The number of aromatic nitrogens is 2. The van der Waals surface area contributed by atoms with Crippen LogP contribution in [0.5, 0.6) is 0 Å². The number of nitrogens with zero attached hydrogens (tertiary/aromatic N) is 3. The first kappa shape index (κ1) is 20.2. The molecule has 1 amide bonds. The van der Waals surface area contributed by atoms with E-state index in [1.165, 1.54) is 6.20 Å². The third kappa shape index (κ3) is 5.71. The van der Waals surface area contributed by atoms with Crippen molar-refractivity contribution in [1.29, 1.82) is 5.26 Å². The van der Waals surface area contributed by atoms with Crippen molar-refractivity contribution in [3.8, 4) is 6.07 Å². The lowest BCUT2D eigenvalue weighted by atomic mass is 10.1. The fourth-order valence-corrected chi connectivity index (χ4v) is 4.28. The molecule has 0 bridgehead atoms. The number of sulfone groups is 1. The van der Waals surface area contributed by atoms with Gasteiger partial charge in [0.15, 0.2) is 20.7 Å². The minimum absolute atomic E-state index is 0.0306. The maximum absolute atomic E-state index is 12.0. The Hall–Kier alpha value is -2.12. The molecule has 2 rings (SSSR count). The van der Waals surface area contributed by atoms with Gasteiger partial charge in [0.2, 0.25) is 0 Å². The van der Waals surface area contributed by atoms with Gasteiger partial charge in [-0.25, -0.2) is 23.2 Å². The summed E-state index contributed by atoms with van der Waals surface area (Å²) in [5.41, 5.74) is -0.697. The summed E-state index contributed by atoms with van der Waals surface area (Å²) in [4.78, 5) is 19.9. The number of amides is 1. The van der Waals surface area contributed by atoms with Crippen molar-refractivity contribution >= 4 is 33.3 Å². The summed E-state index contributed by atoms with van der Waals surface area (Å²) in [6, 6.07) is 0.672. The Morgan fingerprint density at radius 3 is 2.69 bits per heavy atom. The molecule has 1 fully saturated rings. The highest BCUT2D eigenvalue weighted by Crippen LogP contribution is 2.20. The van der Waals surface area contributed by atoms with E-state index in [2.05, 4.69) is 20.6 Å². The number of carbonyl (C=O) groups excluding carboxylic acids is 1. The average Bonchev–Trinajstić information content (AvgIpc) is 2.48. The summed E-state index contributed by atoms with van der Waals surface area (Å²) in [6.45, 7) is 5.21. The molecule has 0 unspecified atom stereocenters. The van der Waals surface area contributed by atoms with Crippen molar-refractivity contribution < 1.29 is 17.9 Å². The molecule has 2 atom stereocenters. The number of nitrogens with one attached hydrogen (secondary N) is 2. The van der Waals surface area contributed by atoms with Crippen LogP contribution in [0.2, 0.25) is 5.15 Å². The van der Waals surface area contributed by atoms with Crippen LogP contribution >= 0.6 is 11.6 Å². The summed E-state index contributed by atoms with van der Waals surface area (Å²) >= 11 is 5.85. The molecular formula is C15H20ClN5O4S. The van der Waals surface area contributed by atoms with Crippen molar-refractivity contribution in [3.63, 3.8) is 0 Å². The average molecular weight is 402 g/mol. The first-order valence-corrected chi connectivity index (χ1v) is 10.1. The lowest BCUT2D eigenvalue weighted by molar-refractivity contribution is 0.0497. The zero-order valence-electron chi connectivity index (χ0n) is 14.6. The van der Waals surface area contributed by atoms with E-state index < -0.39 is 33.6 Å². The summed E-state index contributed by atoms with van der Waals surface area (Å²) in [7, 11) is -3.27. The van der Waals surface area contributed by atoms with Gasteiger partial charge in [-0.15, -0.1) is 0 Å². The van der Waals surface area contributed by atoms with Gasteiger partial charge in [0.05, 0.1) is 29.8 Å². The molecule has 11 heteroatoms. The van der Waals surface area contributed by atoms with E-state index in [0.717, 1.165) is 0 Å². The molecule has 2 heterocycles. The van der Waals surface area contributed by atoms with Crippen LogP contribution in [-0.4, -0.2) is 53.7 Å². The van der Waals surface area contributed by atoms with Crippen LogP contribution in [-0.2, 0) is 14.6 Å². The molecule has 1 aromatic heterocycles. The minimum atomic E-state index is -3.27. The van der Waals surface area contributed by atoms with E-state index in [1.807, 2.05) is 0 Å². The molecular weight excluding hydrogens is 382 g/mol. The Morgan fingerprint density at radius 2 is 2.12 bits per heavy atom. The van der Waals surface area contributed by atoms with Crippen LogP contribution in [0.15, 0.2) is 6.20 Å². The summed E-state index contributed by atoms with van der Waals surface area (Å²) in [5.74, 6) is -0.00910. The molecule has 1 aliphatic heterocycles. The smallest absolute Gasteiger partial charge is 0.407 e. The number of ether oxygens (including phenoxy) is 1. The van der Waals surface area contributed by atoms with E-state index in [9.17, 15) is 13.2 Å². The van der Waals surface area contributed by atoms with Gasteiger partial charge in [-0.1, -0.05) is 11.6 Å². The summed E-state index contributed by atoms with van der Waals surface area (Å²) in [5, 5.41) is 14.4. The summed E-state index contributed by atoms with van der Waals surface area (Å²) < 4.78 is 29.2. The zero-order chi connectivity index (χ0) is 19.5. The van der Waals surface area contributed by atoms with E-state index in [4.69, 9.17) is 21.6 Å². The Balaban J connectivity index is 2.16. The lowest BCUT2D eigenvalue weighted by Crippen LogP contribution is -2.54. The number of carbonyl (C=O) groups is 1. The standard InChI is InChI=1S/C15H20ClN5O4S/c1-15(2,3)25-14(22)20-9-4-5-26(23,24)8-11(9)19-12-7-18-10(6-17)13(16)21-12/h7,9,11H,4-5,8H2,1-3H3,(H,19,21)(H,20,22)/t9-,11+/m0/s1. The van der Waals surface area contributed by atoms with Crippen LogP contribution in [0, 0.1) is 11.3 Å². The predicted molar refractivity (Wildman–Crippen MR) is 95.6 cm³/mol. The van der Waals surface area contributed by atoms with Crippen molar-refractivity contribution in [1.82, 2.24) is 15.3 Å². The fraction of sp³-hybridized carbons (Fsp3) is 0.600. The van der Waals surface area contributed by atoms with Gasteiger partial charge in [-0.3, -0.25) is 0 Å². The van der Waals surface area contributed by atoms with E-state index in [0.29, 0.717) is 0 Å². The Bertz CT molecular complexity index is 831. The molecule has 0 radical (unpaired) electrons. The van der Waals surface area contributed by atoms with Crippen LogP contribution < -0.4 is 10.6 Å². The molecule has 0 aromatic carbocycles. The van der Waals surface area contributed by atoms with Gasteiger partial charge >= 0.3 is 6.09 Å². The first-order valence-electron chi connectivity index (χ1n) is 7.88. The Labute approximate surface area is 157 Å². The van der Waals surface area contributed by atoms with Crippen molar-refractivity contribution in [2.75, 3.05) is 16.8 Å². The van der Waals surface area contributed by atoms with Crippen molar-refractivity contribution in [2.45, 2.75) is 44.9 Å².